The Hall–Kier alpha value is -2.15. The van der Waals surface area contributed by atoms with Gasteiger partial charge in [0, 0.05) is 45.3 Å². The van der Waals surface area contributed by atoms with Crippen molar-refractivity contribution >= 4 is 54.0 Å². The van der Waals surface area contributed by atoms with Crippen LogP contribution in [0.1, 0.15) is 12.8 Å². The SMILES string of the molecule is O=C(C1CCCN(S(=O)(=O)c2cccs2)C1)N1CCN(c2nc3c(F)cc(F)cc3s2)CC1. The lowest BCUT2D eigenvalue weighted by Gasteiger charge is -2.38. The van der Waals surface area contributed by atoms with Crippen LogP contribution in [0, 0.1) is 17.6 Å². The van der Waals surface area contributed by atoms with Gasteiger partial charge in [-0.1, -0.05) is 17.4 Å². The summed E-state index contributed by atoms with van der Waals surface area (Å²) in [5.74, 6) is -1.70. The molecule has 2 saturated heterocycles. The van der Waals surface area contributed by atoms with Crippen molar-refractivity contribution in [2.45, 2.75) is 17.1 Å². The maximum Gasteiger partial charge on any atom is 0.252 e. The van der Waals surface area contributed by atoms with E-state index in [2.05, 4.69) is 4.98 Å². The normalized spacial score (nSPS) is 20.5. The number of thiazole rings is 1. The zero-order valence-electron chi connectivity index (χ0n) is 17.6. The molecule has 2 aromatic heterocycles. The number of fused-ring (bicyclic) bond motifs is 1. The average Bonchev–Trinajstić information content (AvgIpc) is 3.50. The van der Waals surface area contributed by atoms with E-state index in [-0.39, 0.29) is 23.9 Å². The maximum absolute atomic E-state index is 14.0. The van der Waals surface area contributed by atoms with E-state index in [1.54, 1.807) is 22.4 Å². The van der Waals surface area contributed by atoms with Crippen molar-refractivity contribution in [3.8, 4) is 0 Å². The third kappa shape index (κ3) is 4.36. The summed E-state index contributed by atoms with van der Waals surface area (Å²) in [5, 5.41) is 2.34. The molecule has 1 amide bonds. The molecule has 33 heavy (non-hydrogen) atoms. The molecule has 176 valence electrons. The van der Waals surface area contributed by atoms with Gasteiger partial charge in [0.15, 0.2) is 10.9 Å². The standard InChI is InChI=1S/C21H22F2N4O3S3/c22-15-11-16(23)19-17(12-15)32-21(24-19)26-8-6-25(7-9-26)20(28)14-3-1-5-27(13-14)33(29,30)18-4-2-10-31-18/h2,4,10-12,14H,1,3,5-9,13H2. The first-order valence-corrected chi connectivity index (χ1v) is 13.8. The molecule has 1 unspecified atom stereocenters. The van der Waals surface area contributed by atoms with Crippen molar-refractivity contribution in [2.75, 3.05) is 44.2 Å². The highest BCUT2D eigenvalue weighted by atomic mass is 32.2. The van der Waals surface area contributed by atoms with E-state index in [1.165, 1.54) is 33.0 Å². The molecule has 0 spiro atoms. The Labute approximate surface area is 198 Å². The highest BCUT2D eigenvalue weighted by Crippen LogP contribution is 2.32. The third-order valence-corrected chi connectivity index (χ3v) is 10.4. The molecule has 0 saturated carbocycles. The highest BCUT2D eigenvalue weighted by Gasteiger charge is 2.36. The second kappa shape index (κ2) is 8.90. The van der Waals surface area contributed by atoms with Crippen LogP contribution in [0.5, 0.6) is 0 Å². The van der Waals surface area contributed by atoms with Crippen LogP contribution in [0.4, 0.5) is 13.9 Å². The van der Waals surface area contributed by atoms with Crippen LogP contribution >= 0.6 is 22.7 Å². The molecular weight excluding hydrogens is 490 g/mol. The quantitative estimate of drug-likeness (QED) is 0.536. The number of halogens is 2. The van der Waals surface area contributed by atoms with Crippen LogP contribution < -0.4 is 4.90 Å². The second-order valence-electron chi connectivity index (χ2n) is 8.18. The van der Waals surface area contributed by atoms with Gasteiger partial charge in [-0.3, -0.25) is 4.79 Å². The molecule has 0 N–H and O–H groups in total. The third-order valence-electron chi connectivity index (χ3n) is 6.09. The molecule has 4 heterocycles. The number of carbonyl (C=O) groups is 1. The smallest absolute Gasteiger partial charge is 0.252 e. The number of amides is 1. The number of benzene rings is 1. The van der Waals surface area contributed by atoms with E-state index in [0.717, 1.165) is 6.07 Å². The van der Waals surface area contributed by atoms with Gasteiger partial charge in [0.1, 0.15) is 15.5 Å². The van der Waals surface area contributed by atoms with Gasteiger partial charge in [-0.2, -0.15) is 4.31 Å². The summed E-state index contributed by atoms with van der Waals surface area (Å²) in [6.07, 6.45) is 1.31. The van der Waals surface area contributed by atoms with Crippen molar-refractivity contribution in [1.82, 2.24) is 14.2 Å². The number of nitrogens with zero attached hydrogens (tertiary/aromatic N) is 4. The maximum atomic E-state index is 14.0. The Kier molecular flexibility index (Phi) is 6.10. The van der Waals surface area contributed by atoms with Crippen LogP contribution in [0.3, 0.4) is 0 Å². The topological polar surface area (TPSA) is 73.8 Å². The van der Waals surface area contributed by atoms with E-state index in [0.29, 0.717) is 59.6 Å². The zero-order valence-corrected chi connectivity index (χ0v) is 20.1. The number of hydrogen-bond donors (Lipinski definition) is 0. The largest absolute Gasteiger partial charge is 0.345 e. The fourth-order valence-corrected chi connectivity index (χ4v) is 8.08. The lowest BCUT2D eigenvalue weighted by Crippen LogP contribution is -2.53. The number of aromatic nitrogens is 1. The van der Waals surface area contributed by atoms with Gasteiger partial charge >= 0.3 is 0 Å². The number of rotatable bonds is 4. The minimum Gasteiger partial charge on any atom is -0.345 e. The fraction of sp³-hybridized carbons (Fsp3) is 0.429. The van der Waals surface area contributed by atoms with Crippen LogP contribution in [0.15, 0.2) is 33.9 Å². The van der Waals surface area contributed by atoms with E-state index in [4.69, 9.17) is 0 Å². The Bertz CT molecular complexity index is 1270. The monoisotopic (exact) mass is 512 g/mol. The van der Waals surface area contributed by atoms with Crippen LogP contribution in [-0.4, -0.2) is 67.8 Å². The molecule has 0 radical (unpaired) electrons. The average molecular weight is 513 g/mol. The van der Waals surface area contributed by atoms with E-state index >= 15 is 0 Å². The van der Waals surface area contributed by atoms with E-state index in [9.17, 15) is 22.0 Å². The number of carbonyl (C=O) groups excluding carboxylic acids is 1. The first-order chi connectivity index (χ1) is 15.8. The molecule has 1 aromatic carbocycles. The lowest BCUT2D eigenvalue weighted by atomic mass is 9.98. The van der Waals surface area contributed by atoms with Crippen molar-refractivity contribution < 1.29 is 22.0 Å². The summed E-state index contributed by atoms with van der Waals surface area (Å²) in [4.78, 5) is 21.2. The van der Waals surface area contributed by atoms with Crippen molar-refractivity contribution in [1.29, 1.82) is 0 Å². The molecule has 0 bridgehead atoms. The summed E-state index contributed by atoms with van der Waals surface area (Å²) >= 11 is 2.41. The predicted molar refractivity (Wildman–Crippen MR) is 124 cm³/mol. The second-order valence-corrected chi connectivity index (χ2v) is 12.3. The van der Waals surface area contributed by atoms with E-state index < -0.39 is 21.7 Å². The predicted octanol–water partition coefficient (Wildman–Crippen LogP) is 3.39. The molecule has 0 aliphatic carbocycles. The van der Waals surface area contributed by atoms with Gasteiger partial charge in [-0.05, 0) is 30.4 Å². The highest BCUT2D eigenvalue weighted by molar-refractivity contribution is 7.91. The Morgan fingerprint density at radius 2 is 1.91 bits per heavy atom. The van der Waals surface area contributed by atoms with Gasteiger partial charge in [-0.15, -0.1) is 11.3 Å². The van der Waals surface area contributed by atoms with E-state index in [1.807, 2.05) is 4.90 Å². The first kappa shape index (κ1) is 22.6. The van der Waals surface area contributed by atoms with Gasteiger partial charge in [0.25, 0.3) is 10.0 Å². The van der Waals surface area contributed by atoms with Gasteiger partial charge in [0.05, 0.1) is 10.6 Å². The number of piperidine rings is 1. The summed E-state index contributed by atoms with van der Waals surface area (Å²) in [7, 11) is -3.57. The molecule has 1 atom stereocenters. The molecular formula is C21H22F2N4O3S3. The van der Waals surface area contributed by atoms with Crippen LogP contribution in [-0.2, 0) is 14.8 Å². The zero-order chi connectivity index (χ0) is 23.2. The number of thiophene rings is 1. The Balaban J connectivity index is 1.23. The number of piperazine rings is 1. The van der Waals surface area contributed by atoms with Crippen LogP contribution in [0.25, 0.3) is 10.2 Å². The number of hydrogen-bond acceptors (Lipinski definition) is 7. The number of anilines is 1. The van der Waals surface area contributed by atoms with Crippen LogP contribution in [0.2, 0.25) is 0 Å². The molecule has 2 aliphatic heterocycles. The van der Waals surface area contributed by atoms with Gasteiger partial charge in [0.2, 0.25) is 5.91 Å². The Morgan fingerprint density at radius 1 is 1.12 bits per heavy atom. The van der Waals surface area contributed by atoms with Gasteiger partial charge < -0.3 is 9.80 Å². The molecule has 2 aliphatic rings. The Morgan fingerprint density at radius 3 is 2.64 bits per heavy atom. The molecule has 7 nitrogen and oxygen atoms in total. The number of sulfonamides is 1. The first-order valence-electron chi connectivity index (χ1n) is 10.7. The minimum absolute atomic E-state index is 0.0295. The summed E-state index contributed by atoms with van der Waals surface area (Å²) < 4.78 is 55.4. The fourth-order valence-electron chi connectivity index (χ4n) is 4.36. The lowest BCUT2D eigenvalue weighted by molar-refractivity contribution is -0.137. The molecule has 12 heteroatoms. The summed E-state index contributed by atoms with van der Waals surface area (Å²) in [6.45, 7) is 2.62. The van der Waals surface area contributed by atoms with Crippen molar-refractivity contribution in [2.24, 2.45) is 5.92 Å². The molecule has 3 aromatic rings. The molecule has 5 rings (SSSR count). The molecule has 2 fully saturated rings. The minimum atomic E-state index is -3.57. The summed E-state index contributed by atoms with van der Waals surface area (Å²) in [5.41, 5.74) is 0.157. The summed E-state index contributed by atoms with van der Waals surface area (Å²) in [6, 6.07) is 5.40. The van der Waals surface area contributed by atoms with Crippen molar-refractivity contribution in [3.05, 3.63) is 41.3 Å². The van der Waals surface area contributed by atoms with Gasteiger partial charge in [-0.25, -0.2) is 22.2 Å². The van der Waals surface area contributed by atoms with Crippen molar-refractivity contribution in [3.63, 3.8) is 0 Å².